The van der Waals surface area contributed by atoms with Crippen LogP contribution in [0.25, 0.3) is 0 Å². The largest absolute Gasteiger partial charge is 0.503 e. The first kappa shape index (κ1) is 30.0. The first-order chi connectivity index (χ1) is 19.8. The Hall–Kier alpha value is -3.96. The van der Waals surface area contributed by atoms with Gasteiger partial charge in [0.1, 0.15) is 11.5 Å². The summed E-state index contributed by atoms with van der Waals surface area (Å²) in [6, 6.07) is 7.52. The van der Waals surface area contributed by atoms with Crippen LogP contribution in [-0.4, -0.2) is 47.6 Å². The predicted octanol–water partition coefficient (Wildman–Crippen LogP) is 6.61. The third kappa shape index (κ3) is 6.36. The van der Waals surface area contributed by atoms with Crippen LogP contribution in [0.4, 0.5) is 5.13 Å². The number of unbranched alkanes of at least 4 members (excludes halogenated alkanes) is 2. The van der Waals surface area contributed by atoms with Crippen molar-refractivity contribution in [2.45, 2.75) is 46.1 Å². The molecule has 0 aliphatic carbocycles. The average molecular weight is 597 g/mol. The monoisotopic (exact) mass is 596 g/mol. The van der Waals surface area contributed by atoms with Crippen molar-refractivity contribution in [3.05, 3.63) is 80.7 Å². The number of rotatable bonds is 14. The SMILES string of the molecule is C=CCOC(=O)c1sc(N2C(=O)C(O)=C(C(=O)c3cccs3)C2c2ccc(OCCCCC)c(OCC)c2)nc1C. The zero-order chi connectivity index (χ0) is 29.5. The molecule has 0 saturated heterocycles. The van der Waals surface area contributed by atoms with Gasteiger partial charge in [-0.15, -0.1) is 11.3 Å². The highest BCUT2D eigenvalue weighted by Crippen LogP contribution is 2.45. The first-order valence-corrected chi connectivity index (χ1v) is 15.0. The fourth-order valence-corrected chi connectivity index (χ4v) is 6.05. The van der Waals surface area contributed by atoms with Crippen LogP contribution in [0.15, 0.2) is 59.7 Å². The quantitative estimate of drug-likeness (QED) is 0.0957. The summed E-state index contributed by atoms with van der Waals surface area (Å²) in [7, 11) is 0. The molecule has 11 heteroatoms. The molecule has 0 spiro atoms. The molecule has 1 amide bonds. The van der Waals surface area contributed by atoms with Crippen molar-refractivity contribution in [1.29, 1.82) is 0 Å². The van der Waals surface area contributed by atoms with E-state index in [1.165, 1.54) is 22.3 Å². The number of benzene rings is 1. The van der Waals surface area contributed by atoms with Gasteiger partial charge in [-0.05, 0) is 49.4 Å². The van der Waals surface area contributed by atoms with Crippen molar-refractivity contribution in [2.75, 3.05) is 24.7 Å². The Morgan fingerprint density at radius 1 is 1.17 bits per heavy atom. The first-order valence-electron chi connectivity index (χ1n) is 13.3. The number of ketones is 1. The number of hydrogen-bond acceptors (Lipinski definition) is 10. The Morgan fingerprint density at radius 3 is 2.66 bits per heavy atom. The van der Waals surface area contributed by atoms with Gasteiger partial charge in [-0.25, -0.2) is 9.78 Å². The maximum atomic E-state index is 13.7. The third-order valence-corrected chi connectivity index (χ3v) is 8.30. The maximum Gasteiger partial charge on any atom is 0.350 e. The van der Waals surface area contributed by atoms with Crippen molar-refractivity contribution in [1.82, 2.24) is 4.98 Å². The summed E-state index contributed by atoms with van der Waals surface area (Å²) in [6.45, 7) is 10.0. The number of nitrogens with zero attached hydrogens (tertiary/aromatic N) is 2. The number of aliphatic hydroxyl groups excluding tert-OH is 1. The van der Waals surface area contributed by atoms with Gasteiger partial charge in [0.05, 0.1) is 35.4 Å². The van der Waals surface area contributed by atoms with Crippen LogP contribution >= 0.6 is 22.7 Å². The molecule has 41 heavy (non-hydrogen) atoms. The third-order valence-electron chi connectivity index (χ3n) is 6.30. The number of aryl methyl sites for hydroxylation is 1. The summed E-state index contributed by atoms with van der Waals surface area (Å²) in [5.41, 5.74) is 0.782. The number of amides is 1. The highest BCUT2D eigenvalue weighted by Gasteiger charge is 2.46. The number of thiophene rings is 1. The molecular weight excluding hydrogens is 564 g/mol. The highest BCUT2D eigenvalue weighted by molar-refractivity contribution is 7.17. The molecule has 0 radical (unpaired) electrons. The van der Waals surface area contributed by atoms with E-state index in [4.69, 9.17) is 14.2 Å². The van der Waals surface area contributed by atoms with Crippen molar-refractivity contribution in [3.63, 3.8) is 0 Å². The van der Waals surface area contributed by atoms with Crippen molar-refractivity contribution in [3.8, 4) is 11.5 Å². The average Bonchev–Trinajstić information content (AvgIpc) is 3.69. The number of ether oxygens (including phenoxy) is 3. The molecule has 1 aromatic carbocycles. The molecule has 1 atom stereocenters. The van der Waals surface area contributed by atoms with Crippen LogP contribution < -0.4 is 14.4 Å². The lowest BCUT2D eigenvalue weighted by Crippen LogP contribution is -2.31. The molecule has 1 aliphatic heterocycles. The van der Waals surface area contributed by atoms with Gasteiger partial charge in [0.15, 0.2) is 22.4 Å². The number of thiazole rings is 1. The molecule has 4 rings (SSSR count). The molecule has 1 N–H and O–H groups in total. The van der Waals surface area contributed by atoms with Crippen LogP contribution in [0.5, 0.6) is 11.5 Å². The summed E-state index contributed by atoms with van der Waals surface area (Å²) in [6.07, 6.45) is 4.45. The van der Waals surface area contributed by atoms with Crippen LogP contribution in [-0.2, 0) is 9.53 Å². The fraction of sp³-hybridized carbons (Fsp3) is 0.333. The molecular formula is C30H32N2O7S2. The highest BCUT2D eigenvalue weighted by atomic mass is 32.1. The number of esters is 1. The van der Waals surface area contributed by atoms with E-state index in [0.29, 0.717) is 40.8 Å². The van der Waals surface area contributed by atoms with E-state index in [-0.39, 0.29) is 22.2 Å². The minimum atomic E-state index is -1.03. The van der Waals surface area contributed by atoms with E-state index in [0.717, 1.165) is 30.6 Å². The standard InChI is InChI=1S/C30H32N2O7S2/c1-5-8-9-15-38-20-13-12-19(17-21(20)37-7-3)24-23(25(33)22-11-10-16-40-22)26(34)28(35)32(24)30-31-18(4)27(41-30)29(36)39-14-6-2/h6,10-13,16-17,24,34H,2,5,7-9,14-15H2,1,3-4H3. The van der Waals surface area contributed by atoms with E-state index in [2.05, 4.69) is 18.5 Å². The second kappa shape index (κ2) is 13.6. The molecule has 9 nitrogen and oxygen atoms in total. The molecule has 216 valence electrons. The summed E-state index contributed by atoms with van der Waals surface area (Å²) < 4.78 is 17.0. The number of anilines is 1. The molecule has 1 aliphatic rings. The second-order valence-electron chi connectivity index (χ2n) is 9.14. The van der Waals surface area contributed by atoms with Crippen LogP contribution in [0.1, 0.15) is 69.8 Å². The Balaban J connectivity index is 1.80. The van der Waals surface area contributed by atoms with Crippen LogP contribution in [0.3, 0.4) is 0 Å². The van der Waals surface area contributed by atoms with Crippen molar-refractivity contribution in [2.24, 2.45) is 0 Å². The molecule has 0 bridgehead atoms. The van der Waals surface area contributed by atoms with Gasteiger partial charge in [-0.1, -0.05) is 55.9 Å². The van der Waals surface area contributed by atoms with Crippen LogP contribution in [0.2, 0.25) is 0 Å². The Morgan fingerprint density at radius 2 is 1.98 bits per heavy atom. The number of hydrogen-bond donors (Lipinski definition) is 1. The summed E-state index contributed by atoms with van der Waals surface area (Å²) in [5.74, 6) is -1.56. The molecule has 0 saturated carbocycles. The Kier molecular flexibility index (Phi) is 9.95. The lowest BCUT2D eigenvalue weighted by Gasteiger charge is -2.25. The minimum Gasteiger partial charge on any atom is -0.503 e. The summed E-state index contributed by atoms with van der Waals surface area (Å²) in [4.78, 5) is 46.1. The minimum absolute atomic E-state index is 0.0195. The Bertz CT molecular complexity index is 1460. The zero-order valence-electron chi connectivity index (χ0n) is 23.2. The van der Waals surface area contributed by atoms with Gasteiger partial charge in [-0.2, -0.15) is 0 Å². The number of aliphatic hydroxyl groups is 1. The van der Waals surface area contributed by atoms with Gasteiger partial charge < -0.3 is 19.3 Å². The summed E-state index contributed by atoms with van der Waals surface area (Å²) in [5, 5.41) is 13.0. The number of aromatic nitrogens is 1. The van der Waals surface area contributed by atoms with Gasteiger partial charge in [0.2, 0.25) is 5.78 Å². The fourth-order valence-electron chi connectivity index (χ4n) is 4.38. The summed E-state index contributed by atoms with van der Waals surface area (Å²) >= 11 is 2.16. The normalized spacial score (nSPS) is 14.9. The van der Waals surface area contributed by atoms with Gasteiger partial charge >= 0.3 is 5.97 Å². The second-order valence-corrected chi connectivity index (χ2v) is 11.1. The molecule has 3 heterocycles. The maximum absolute atomic E-state index is 13.7. The van der Waals surface area contributed by atoms with Gasteiger partial charge in [0.25, 0.3) is 5.91 Å². The van der Waals surface area contributed by atoms with Crippen molar-refractivity contribution < 1.29 is 33.7 Å². The molecule has 2 aromatic heterocycles. The number of Topliss-reactive ketones (excluding diaryl/α,β-unsaturated/α-hetero) is 1. The van der Waals surface area contributed by atoms with E-state index < -0.39 is 29.5 Å². The van der Waals surface area contributed by atoms with E-state index in [1.54, 1.807) is 42.6 Å². The van der Waals surface area contributed by atoms with Crippen LogP contribution in [0, 0.1) is 6.92 Å². The molecule has 1 unspecified atom stereocenters. The number of carbonyl (C=O) groups is 3. The Labute approximate surface area is 246 Å². The van der Waals surface area contributed by atoms with E-state index >= 15 is 0 Å². The molecule has 0 fully saturated rings. The van der Waals surface area contributed by atoms with E-state index in [1.807, 2.05) is 6.92 Å². The zero-order valence-corrected chi connectivity index (χ0v) is 24.8. The predicted molar refractivity (Wildman–Crippen MR) is 158 cm³/mol. The number of carbonyl (C=O) groups excluding carboxylic acids is 3. The van der Waals surface area contributed by atoms with Gasteiger partial charge in [0, 0.05) is 0 Å². The van der Waals surface area contributed by atoms with Crippen molar-refractivity contribution >= 4 is 45.5 Å². The molecule has 3 aromatic rings. The van der Waals surface area contributed by atoms with Gasteiger partial charge in [-0.3, -0.25) is 14.5 Å². The lowest BCUT2D eigenvalue weighted by atomic mass is 9.95. The smallest absolute Gasteiger partial charge is 0.350 e. The topological polar surface area (TPSA) is 115 Å². The lowest BCUT2D eigenvalue weighted by molar-refractivity contribution is -0.117. The van der Waals surface area contributed by atoms with E-state index in [9.17, 15) is 19.5 Å².